The van der Waals surface area contributed by atoms with Gasteiger partial charge in [-0.05, 0) is 44.0 Å². The van der Waals surface area contributed by atoms with Gasteiger partial charge in [0, 0.05) is 11.7 Å². The molecule has 1 aromatic rings. The van der Waals surface area contributed by atoms with Crippen molar-refractivity contribution >= 4 is 5.69 Å². The Morgan fingerprint density at radius 3 is 2.31 bits per heavy atom. The summed E-state index contributed by atoms with van der Waals surface area (Å²) in [6, 6.07) is 8.69. The molecule has 16 heavy (non-hydrogen) atoms. The van der Waals surface area contributed by atoms with Gasteiger partial charge in [0.05, 0.1) is 0 Å². The molecule has 1 aliphatic rings. The number of anilines is 1. The summed E-state index contributed by atoms with van der Waals surface area (Å²) in [5.41, 5.74) is 7.56. The van der Waals surface area contributed by atoms with Crippen LogP contribution >= 0.6 is 0 Å². The fourth-order valence-corrected chi connectivity index (χ4v) is 1.52. The Labute approximate surface area is 98.6 Å². The molecular weight excluding hydrogens is 196 g/mol. The van der Waals surface area contributed by atoms with Crippen molar-refractivity contribution in [1.82, 2.24) is 5.32 Å². The summed E-state index contributed by atoms with van der Waals surface area (Å²) < 4.78 is 0. The molecule has 0 atom stereocenters. The first-order valence-corrected chi connectivity index (χ1v) is 5.89. The van der Waals surface area contributed by atoms with E-state index < -0.39 is 0 Å². The maximum Gasteiger partial charge on any atom is 0.0314 e. The lowest BCUT2D eigenvalue weighted by Crippen LogP contribution is -2.31. The minimum Gasteiger partial charge on any atom is -0.399 e. The number of hydrogen-bond donors (Lipinski definition) is 2. The van der Waals surface area contributed by atoms with Crippen molar-refractivity contribution in [3.05, 3.63) is 42.5 Å². The Morgan fingerprint density at radius 1 is 1.38 bits per heavy atom. The average Bonchev–Trinajstić information content (AvgIpc) is 2.21. The quantitative estimate of drug-likeness (QED) is 0.605. The molecule has 0 saturated heterocycles. The number of nitrogen functional groups attached to an aromatic ring is 1. The number of allylic oxidation sites excluding steroid dienone is 1. The highest BCUT2D eigenvalue weighted by Gasteiger charge is 2.13. The third-order valence-corrected chi connectivity index (χ3v) is 2.87. The van der Waals surface area contributed by atoms with E-state index in [1.807, 2.05) is 37.4 Å². The van der Waals surface area contributed by atoms with E-state index in [9.17, 15) is 0 Å². The van der Waals surface area contributed by atoms with Crippen molar-refractivity contribution in [3.8, 4) is 0 Å². The Morgan fingerprint density at radius 2 is 2.00 bits per heavy atom. The summed E-state index contributed by atoms with van der Waals surface area (Å²) in [4.78, 5) is 0. The highest BCUT2D eigenvalue weighted by atomic mass is 14.9. The van der Waals surface area contributed by atoms with E-state index in [0.29, 0.717) is 0 Å². The standard InChI is InChI=1S/C9H11N.C5H11N/c1-2-3-8-4-6-9(10)7-5-8;1-6-5-3-2-4-5/h2,4-7H,1,3,10H2;5-6H,2-4H2,1H3. The minimum absolute atomic E-state index is 0.813. The van der Waals surface area contributed by atoms with Crippen LogP contribution in [-0.2, 0) is 6.42 Å². The first kappa shape index (κ1) is 12.8. The normalized spacial score (nSPS) is 14.6. The molecule has 1 aliphatic carbocycles. The predicted octanol–water partition coefficient (Wildman–Crippen LogP) is 2.76. The van der Waals surface area contributed by atoms with Gasteiger partial charge < -0.3 is 11.1 Å². The van der Waals surface area contributed by atoms with E-state index >= 15 is 0 Å². The topological polar surface area (TPSA) is 38.0 Å². The second kappa shape index (κ2) is 7.07. The van der Waals surface area contributed by atoms with Crippen molar-refractivity contribution < 1.29 is 0 Å². The lowest BCUT2D eigenvalue weighted by molar-refractivity contribution is 0.361. The maximum absolute atomic E-state index is 5.50. The number of rotatable bonds is 3. The van der Waals surface area contributed by atoms with Crippen molar-refractivity contribution in [2.24, 2.45) is 0 Å². The molecule has 1 saturated carbocycles. The van der Waals surface area contributed by atoms with Gasteiger partial charge in [-0.2, -0.15) is 0 Å². The summed E-state index contributed by atoms with van der Waals surface area (Å²) in [6.07, 6.45) is 7.03. The van der Waals surface area contributed by atoms with Crippen LogP contribution in [0.25, 0.3) is 0 Å². The molecule has 0 heterocycles. The summed E-state index contributed by atoms with van der Waals surface area (Å²) in [6.45, 7) is 3.65. The summed E-state index contributed by atoms with van der Waals surface area (Å²) in [5.74, 6) is 0. The SMILES string of the molecule is C=CCc1ccc(N)cc1.CNC1CCC1. The predicted molar refractivity (Wildman–Crippen MR) is 71.5 cm³/mol. The zero-order chi connectivity index (χ0) is 11.8. The summed E-state index contributed by atoms with van der Waals surface area (Å²) >= 11 is 0. The average molecular weight is 218 g/mol. The second-order valence-corrected chi connectivity index (χ2v) is 4.15. The van der Waals surface area contributed by atoms with Crippen LogP contribution in [0.2, 0.25) is 0 Å². The summed E-state index contributed by atoms with van der Waals surface area (Å²) in [7, 11) is 2.03. The Bertz CT molecular complexity index is 296. The lowest BCUT2D eigenvalue weighted by Gasteiger charge is -2.23. The molecule has 0 aromatic heterocycles. The fraction of sp³-hybridized carbons (Fsp3) is 0.429. The van der Waals surface area contributed by atoms with Gasteiger partial charge in [0.25, 0.3) is 0 Å². The number of benzene rings is 1. The molecular formula is C14H22N2. The van der Waals surface area contributed by atoms with Crippen LogP contribution in [-0.4, -0.2) is 13.1 Å². The van der Waals surface area contributed by atoms with Crippen molar-refractivity contribution in [2.45, 2.75) is 31.7 Å². The zero-order valence-electron chi connectivity index (χ0n) is 10.1. The first-order valence-electron chi connectivity index (χ1n) is 5.89. The first-order chi connectivity index (χ1) is 7.76. The molecule has 0 amide bonds. The van der Waals surface area contributed by atoms with Gasteiger partial charge in [0.2, 0.25) is 0 Å². The van der Waals surface area contributed by atoms with E-state index in [-0.39, 0.29) is 0 Å². The maximum atomic E-state index is 5.50. The third kappa shape index (κ3) is 4.49. The molecule has 88 valence electrons. The van der Waals surface area contributed by atoms with Crippen LogP contribution in [0.5, 0.6) is 0 Å². The third-order valence-electron chi connectivity index (χ3n) is 2.87. The van der Waals surface area contributed by atoms with Crippen LogP contribution < -0.4 is 11.1 Å². The van der Waals surface area contributed by atoms with E-state index in [4.69, 9.17) is 5.73 Å². The molecule has 2 heteroatoms. The van der Waals surface area contributed by atoms with E-state index in [2.05, 4.69) is 11.9 Å². The van der Waals surface area contributed by atoms with Crippen LogP contribution in [0, 0.1) is 0 Å². The van der Waals surface area contributed by atoms with Crippen LogP contribution in [0.3, 0.4) is 0 Å². The number of hydrogen-bond acceptors (Lipinski definition) is 2. The largest absolute Gasteiger partial charge is 0.399 e. The molecule has 1 aromatic carbocycles. The van der Waals surface area contributed by atoms with Gasteiger partial charge in [-0.25, -0.2) is 0 Å². The molecule has 2 rings (SSSR count). The molecule has 0 unspecified atom stereocenters. The summed E-state index contributed by atoms with van der Waals surface area (Å²) in [5, 5.41) is 3.20. The van der Waals surface area contributed by atoms with Crippen molar-refractivity contribution in [2.75, 3.05) is 12.8 Å². The Kier molecular flexibility index (Phi) is 5.65. The molecule has 0 bridgehead atoms. The van der Waals surface area contributed by atoms with Gasteiger partial charge in [-0.1, -0.05) is 24.6 Å². The van der Waals surface area contributed by atoms with E-state index in [0.717, 1.165) is 18.2 Å². The molecule has 0 spiro atoms. The minimum atomic E-state index is 0.813. The highest BCUT2D eigenvalue weighted by molar-refractivity contribution is 5.39. The number of nitrogens with two attached hydrogens (primary N) is 1. The van der Waals surface area contributed by atoms with Crippen molar-refractivity contribution in [1.29, 1.82) is 0 Å². The van der Waals surface area contributed by atoms with Gasteiger partial charge in [-0.3, -0.25) is 0 Å². The second-order valence-electron chi connectivity index (χ2n) is 4.15. The van der Waals surface area contributed by atoms with Gasteiger partial charge in [-0.15, -0.1) is 6.58 Å². The lowest BCUT2D eigenvalue weighted by atomic mass is 9.94. The monoisotopic (exact) mass is 218 g/mol. The zero-order valence-corrected chi connectivity index (χ0v) is 10.1. The van der Waals surface area contributed by atoms with Gasteiger partial charge in [0.15, 0.2) is 0 Å². The fourth-order valence-electron chi connectivity index (χ4n) is 1.52. The van der Waals surface area contributed by atoms with Crippen LogP contribution in [0.4, 0.5) is 5.69 Å². The molecule has 0 aliphatic heterocycles. The van der Waals surface area contributed by atoms with Gasteiger partial charge in [0.1, 0.15) is 0 Å². The van der Waals surface area contributed by atoms with Crippen LogP contribution in [0.15, 0.2) is 36.9 Å². The smallest absolute Gasteiger partial charge is 0.0314 e. The van der Waals surface area contributed by atoms with Crippen LogP contribution in [0.1, 0.15) is 24.8 Å². The van der Waals surface area contributed by atoms with Crippen molar-refractivity contribution in [3.63, 3.8) is 0 Å². The molecule has 3 N–H and O–H groups in total. The highest BCUT2D eigenvalue weighted by Crippen LogP contribution is 2.16. The Hall–Kier alpha value is -1.28. The molecule has 0 radical (unpaired) electrons. The number of nitrogens with one attached hydrogen (secondary N) is 1. The molecule has 1 fully saturated rings. The van der Waals surface area contributed by atoms with E-state index in [1.165, 1.54) is 24.8 Å². The van der Waals surface area contributed by atoms with Gasteiger partial charge >= 0.3 is 0 Å². The molecule has 2 nitrogen and oxygen atoms in total. The van der Waals surface area contributed by atoms with E-state index in [1.54, 1.807) is 0 Å². The Balaban J connectivity index is 0.000000181.